The van der Waals surface area contributed by atoms with E-state index in [0.717, 1.165) is 0 Å². The molecule has 2 aliphatic rings. The van der Waals surface area contributed by atoms with Crippen molar-refractivity contribution in [3.8, 4) is 0 Å². The van der Waals surface area contributed by atoms with Crippen LogP contribution in [-0.4, -0.2) is 48.0 Å². The molecule has 5 rings (SSSR count). The average molecular weight is 641 g/mol. The second-order valence-electron chi connectivity index (χ2n) is 9.61. The van der Waals surface area contributed by atoms with E-state index in [2.05, 4.69) is 20.5 Å². The molecule has 0 bridgehead atoms. The molecule has 0 fully saturated rings. The predicted octanol–water partition coefficient (Wildman–Crippen LogP) is 5.91. The molecule has 1 aliphatic heterocycles. The predicted molar refractivity (Wildman–Crippen MR) is 164 cm³/mol. The minimum atomic E-state index is -4.51. The third-order valence-corrected chi connectivity index (χ3v) is 9.94. The van der Waals surface area contributed by atoms with E-state index in [9.17, 15) is 35.8 Å². The Kier molecular flexibility index (Phi) is 8.11. The van der Waals surface area contributed by atoms with Crippen molar-refractivity contribution in [2.24, 2.45) is 15.2 Å². The summed E-state index contributed by atoms with van der Waals surface area (Å²) >= 11 is 1.18. The van der Waals surface area contributed by atoms with E-state index in [1.807, 2.05) is 0 Å². The topological polar surface area (TPSA) is 195 Å². The Morgan fingerprint density at radius 1 is 0.977 bits per heavy atom. The van der Waals surface area contributed by atoms with Gasteiger partial charge < -0.3 is 10.4 Å². The molecule has 15 heteroatoms. The van der Waals surface area contributed by atoms with Crippen LogP contribution in [0.4, 0.5) is 11.4 Å². The number of carbonyl (C=O) groups is 1. The van der Waals surface area contributed by atoms with Crippen LogP contribution >= 0.6 is 11.8 Å². The van der Waals surface area contributed by atoms with Crippen molar-refractivity contribution in [3.05, 3.63) is 99.1 Å². The summed E-state index contributed by atoms with van der Waals surface area (Å²) in [5.74, 6) is -1.22. The number of rotatable bonds is 7. The quantitative estimate of drug-likeness (QED) is 0.105. The Balaban J connectivity index is 1.35. The monoisotopic (exact) mass is 640 g/mol. The van der Waals surface area contributed by atoms with E-state index in [-0.39, 0.29) is 26.6 Å². The van der Waals surface area contributed by atoms with Crippen molar-refractivity contribution >= 4 is 65.1 Å². The minimum absolute atomic E-state index is 0.114. The zero-order chi connectivity index (χ0) is 31.1. The number of carbonyl (C=O) groups excluding carboxylic acids is 1. The molecular weight excluding hydrogens is 617 g/mol. The van der Waals surface area contributed by atoms with Crippen LogP contribution in [0, 0.1) is 0 Å². The normalized spacial score (nSPS) is 17.9. The summed E-state index contributed by atoms with van der Waals surface area (Å²) < 4.78 is 66.7. The largest absolute Gasteiger partial charge is 0.510 e. The van der Waals surface area contributed by atoms with E-state index < -0.39 is 37.9 Å². The third kappa shape index (κ3) is 6.30. The standard InChI is InChI=1S/C28H24N4O8S3/c1-15-9-14-22-25(26(15)43(38,39)40)41-28(30-22)17-10-12-18(13-11-17)31-32-24(16(2)33)27(34)29-21-7-3-6-20-19(21)5-4-8-23(20)42(35,36)37/h3-13,22,33H,14H2,1-2H3,(H,29,34)(H,35,36,37)(H,38,39,40)/b24-16+,32-31?. The van der Waals surface area contributed by atoms with E-state index in [0.29, 0.717) is 38.6 Å². The van der Waals surface area contributed by atoms with Gasteiger partial charge in [-0.25, -0.2) is 0 Å². The van der Waals surface area contributed by atoms with Gasteiger partial charge in [-0.3, -0.25) is 18.9 Å². The summed E-state index contributed by atoms with van der Waals surface area (Å²) in [6.07, 6.45) is 2.25. The molecule has 3 aromatic rings. The van der Waals surface area contributed by atoms with Gasteiger partial charge in [0.05, 0.1) is 11.7 Å². The van der Waals surface area contributed by atoms with E-state index >= 15 is 0 Å². The molecule has 222 valence electrons. The van der Waals surface area contributed by atoms with Gasteiger partial charge in [-0.1, -0.05) is 54.2 Å². The van der Waals surface area contributed by atoms with Gasteiger partial charge >= 0.3 is 0 Å². The summed E-state index contributed by atoms with van der Waals surface area (Å²) in [4.78, 5) is 17.7. The first kappa shape index (κ1) is 30.3. The second kappa shape index (κ2) is 11.5. The first-order valence-electron chi connectivity index (χ1n) is 12.6. The van der Waals surface area contributed by atoms with Crippen LogP contribution in [0.25, 0.3) is 10.8 Å². The summed E-state index contributed by atoms with van der Waals surface area (Å²) in [5.41, 5.74) is 1.34. The number of thioether (sulfide) groups is 1. The maximum absolute atomic E-state index is 13.0. The summed E-state index contributed by atoms with van der Waals surface area (Å²) in [7, 11) is -8.92. The fourth-order valence-corrected chi connectivity index (χ4v) is 7.86. The molecule has 1 heterocycles. The van der Waals surface area contributed by atoms with Gasteiger partial charge in [0, 0.05) is 26.9 Å². The average Bonchev–Trinajstić information content (AvgIpc) is 3.36. The van der Waals surface area contributed by atoms with Crippen LogP contribution in [0.15, 0.2) is 114 Å². The highest BCUT2D eigenvalue weighted by Crippen LogP contribution is 2.44. The molecule has 1 atom stereocenters. The summed E-state index contributed by atoms with van der Waals surface area (Å²) in [6, 6.07) is 14.9. The van der Waals surface area contributed by atoms with Gasteiger partial charge in [0.2, 0.25) is 0 Å². The lowest BCUT2D eigenvalue weighted by atomic mass is 10.0. The van der Waals surface area contributed by atoms with Gasteiger partial charge in [0.1, 0.15) is 20.6 Å². The maximum atomic E-state index is 13.0. The Hall–Kier alpha value is -4.15. The van der Waals surface area contributed by atoms with Gasteiger partial charge in [-0.2, -0.15) is 21.9 Å². The van der Waals surface area contributed by atoms with Gasteiger partial charge in [-0.15, -0.1) is 5.11 Å². The van der Waals surface area contributed by atoms with Crippen molar-refractivity contribution in [3.63, 3.8) is 0 Å². The smallest absolute Gasteiger partial charge is 0.295 e. The molecule has 4 N–H and O–H groups in total. The highest BCUT2D eigenvalue weighted by atomic mass is 32.2. The zero-order valence-corrected chi connectivity index (χ0v) is 25.0. The summed E-state index contributed by atoms with van der Waals surface area (Å²) in [5, 5.41) is 21.8. The van der Waals surface area contributed by atoms with Crippen molar-refractivity contribution in [2.45, 2.75) is 31.2 Å². The number of allylic oxidation sites excluding steroid dienone is 2. The molecule has 0 spiro atoms. The minimum Gasteiger partial charge on any atom is -0.510 e. The third-order valence-electron chi connectivity index (χ3n) is 6.62. The number of nitrogens with one attached hydrogen (secondary N) is 1. The number of amides is 1. The molecular formula is C28H24N4O8S3. The van der Waals surface area contributed by atoms with E-state index in [1.54, 1.807) is 43.3 Å². The molecule has 0 radical (unpaired) electrons. The highest BCUT2D eigenvalue weighted by Gasteiger charge is 2.35. The molecule has 0 saturated carbocycles. The number of aliphatic hydroxyl groups excluding tert-OH is 1. The number of anilines is 1. The number of hydrogen-bond donors (Lipinski definition) is 4. The second-order valence-corrected chi connectivity index (χ2v) is 13.4. The first-order chi connectivity index (χ1) is 20.2. The number of fused-ring (bicyclic) bond motifs is 2. The van der Waals surface area contributed by atoms with Crippen molar-refractivity contribution in [1.29, 1.82) is 0 Å². The summed E-state index contributed by atoms with van der Waals surface area (Å²) in [6.45, 7) is 2.89. The molecule has 1 amide bonds. The Bertz CT molecular complexity index is 2040. The lowest BCUT2D eigenvalue weighted by molar-refractivity contribution is -0.113. The van der Waals surface area contributed by atoms with Gasteiger partial charge in [-0.05, 0) is 50.1 Å². The van der Waals surface area contributed by atoms with Crippen molar-refractivity contribution < 1.29 is 35.8 Å². The number of azo groups is 1. The van der Waals surface area contributed by atoms with Crippen LogP contribution in [0.2, 0.25) is 0 Å². The molecule has 3 aromatic carbocycles. The number of aliphatic hydroxyl groups is 1. The molecule has 12 nitrogen and oxygen atoms in total. The number of hydrogen-bond acceptors (Lipinski definition) is 10. The highest BCUT2D eigenvalue weighted by molar-refractivity contribution is 8.18. The van der Waals surface area contributed by atoms with Crippen molar-refractivity contribution in [1.82, 2.24) is 0 Å². The van der Waals surface area contributed by atoms with Crippen molar-refractivity contribution in [2.75, 3.05) is 5.32 Å². The molecule has 43 heavy (non-hydrogen) atoms. The molecule has 1 unspecified atom stereocenters. The fraction of sp³-hybridized carbons (Fsp3) is 0.143. The zero-order valence-electron chi connectivity index (χ0n) is 22.6. The number of aliphatic imine (C=N–C) groups is 1. The first-order valence-corrected chi connectivity index (χ1v) is 16.3. The van der Waals surface area contributed by atoms with Crippen LogP contribution in [-0.2, 0) is 25.0 Å². The number of nitrogens with zero attached hydrogens (tertiary/aromatic N) is 3. The number of benzene rings is 3. The van der Waals surface area contributed by atoms with Crippen LogP contribution < -0.4 is 5.32 Å². The lowest BCUT2D eigenvalue weighted by Crippen LogP contribution is -2.15. The lowest BCUT2D eigenvalue weighted by Gasteiger charge is -2.17. The fourth-order valence-electron chi connectivity index (χ4n) is 4.65. The van der Waals surface area contributed by atoms with Gasteiger partial charge in [0.25, 0.3) is 26.1 Å². The van der Waals surface area contributed by atoms with Gasteiger partial charge in [0.15, 0.2) is 5.70 Å². The Morgan fingerprint density at radius 2 is 1.65 bits per heavy atom. The Labute approximate surface area is 251 Å². The van der Waals surface area contributed by atoms with Crippen LogP contribution in [0.5, 0.6) is 0 Å². The SMILES string of the molecule is CC1=CCC2N=C(c3ccc(N=N/C(C(=O)Nc4cccc5c(S(=O)(=O)O)cccc45)=C(\C)O)cc3)SC2=C1S(=O)(=O)O. The van der Waals surface area contributed by atoms with Crippen LogP contribution in [0.1, 0.15) is 25.8 Å². The molecule has 0 aromatic heterocycles. The Morgan fingerprint density at radius 3 is 2.30 bits per heavy atom. The van der Waals surface area contributed by atoms with Crippen LogP contribution in [0.3, 0.4) is 0 Å². The van der Waals surface area contributed by atoms with E-state index in [1.165, 1.54) is 49.0 Å². The molecule has 0 saturated heterocycles. The van der Waals surface area contributed by atoms with E-state index in [4.69, 9.17) is 0 Å². The maximum Gasteiger partial charge on any atom is 0.295 e. The molecule has 1 aliphatic carbocycles.